The molecule has 1 aromatic heterocycles. The lowest BCUT2D eigenvalue weighted by atomic mass is 9.91. The van der Waals surface area contributed by atoms with Crippen LogP contribution in [0.25, 0.3) is 11.1 Å². The molecule has 2 N–H and O–H groups in total. The molecule has 2 amide bonds. The molecule has 0 bridgehead atoms. The van der Waals surface area contributed by atoms with Gasteiger partial charge in [0.1, 0.15) is 6.04 Å². The molecule has 2 aliphatic heterocycles. The lowest BCUT2D eigenvalue weighted by Gasteiger charge is -2.41. The van der Waals surface area contributed by atoms with Crippen molar-refractivity contribution in [1.82, 2.24) is 30.4 Å². The van der Waals surface area contributed by atoms with E-state index in [2.05, 4.69) is 27.8 Å². The van der Waals surface area contributed by atoms with Gasteiger partial charge in [0.2, 0.25) is 11.1 Å². The molecular weight excluding hydrogens is 673 g/mol. The number of benzene rings is 3. The molecule has 2 aliphatic rings. The first kappa shape index (κ1) is 35.5. The summed E-state index contributed by atoms with van der Waals surface area (Å²) in [7, 11) is 1.78. The highest BCUT2D eigenvalue weighted by Crippen LogP contribution is 2.43. The molecule has 3 aromatic carbocycles. The van der Waals surface area contributed by atoms with Gasteiger partial charge in [-0.15, -0.1) is 5.10 Å². The first-order valence-electron chi connectivity index (χ1n) is 16.2. The van der Waals surface area contributed by atoms with E-state index in [4.69, 9.17) is 9.47 Å². The predicted octanol–water partition coefficient (Wildman–Crippen LogP) is 5.12. The average Bonchev–Trinajstić information content (AvgIpc) is 3.79. The van der Waals surface area contributed by atoms with Crippen LogP contribution in [0.4, 0.5) is 13.2 Å². The van der Waals surface area contributed by atoms with Crippen LogP contribution in [0.2, 0.25) is 0 Å². The lowest BCUT2D eigenvalue weighted by molar-refractivity contribution is -0.268. The van der Waals surface area contributed by atoms with Crippen LogP contribution in [0.1, 0.15) is 54.4 Å². The average molecular weight is 711 g/mol. The molecule has 0 radical (unpaired) electrons. The third-order valence-corrected chi connectivity index (χ3v) is 10.2. The van der Waals surface area contributed by atoms with Crippen LogP contribution in [-0.2, 0) is 39.3 Å². The Bertz CT molecular complexity index is 1790. The maximum Gasteiger partial charge on any atom is 0.471 e. The summed E-state index contributed by atoms with van der Waals surface area (Å²) in [5.41, 5.74) is 5.03. The third kappa shape index (κ3) is 7.85. The normalized spacial score (nSPS) is 22.4. The molecule has 15 heteroatoms. The molecule has 5 unspecified atom stereocenters. The summed E-state index contributed by atoms with van der Waals surface area (Å²) in [6.07, 6.45) is -5.73. The molecular formula is C35H37F3N6O5S. The number of thioether (sulfide) groups is 1. The highest BCUT2D eigenvalue weighted by molar-refractivity contribution is 7.99. The van der Waals surface area contributed by atoms with E-state index in [9.17, 15) is 27.9 Å². The van der Waals surface area contributed by atoms with Gasteiger partial charge in [-0.25, -0.2) is 4.68 Å². The number of rotatable bonds is 10. The Morgan fingerprint density at radius 2 is 1.74 bits per heavy atom. The van der Waals surface area contributed by atoms with E-state index in [-0.39, 0.29) is 44.2 Å². The Morgan fingerprint density at radius 1 is 1.02 bits per heavy atom. The first-order chi connectivity index (χ1) is 24.0. The van der Waals surface area contributed by atoms with Crippen molar-refractivity contribution in [2.24, 2.45) is 13.0 Å². The molecule has 0 saturated carbocycles. The summed E-state index contributed by atoms with van der Waals surface area (Å²) < 4.78 is 54.0. The highest BCUT2D eigenvalue weighted by atomic mass is 32.2. The van der Waals surface area contributed by atoms with E-state index in [0.29, 0.717) is 22.2 Å². The van der Waals surface area contributed by atoms with E-state index in [1.54, 1.807) is 11.7 Å². The van der Waals surface area contributed by atoms with Crippen LogP contribution < -0.4 is 5.32 Å². The Morgan fingerprint density at radius 3 is 2.42 bits per heavy atom. The van der Waals surface area contributed by atoms with Crippen molar-refractivity contribution in [2.75, 3.05) is 12.3 Å². The second-order valence-electron chi connectivity index (χ2n) is 12.4. The third-order valence-electron chi connectivity index (χ3n) is 9.10. The molecule has 2 saturated heterocycles. The van der Waals surface area contributed by atoms with Crippen molar-refractivity contribution < 1.29 is 37.3 Å². The van der Waals surface area contributed by atoms with Gasteiger partial charge < -0.3 is 24.8 Å². The van der Waals surface area contributed by atoms with Crippen molar-refractivity contribution in [2.45, 2.75) is 68.8 Å². The number of aliphatic hydroxyl groups is 1. The Kier molecular flexibility index (Phi) is 10.9. The SMILES string of the molecule is CC1C(CSc2nnnn2C)OC(c2ccc(-c3ccccc3CNC(=O)C3CCCN3C(=O)C(F)(F)F)cc2)OC1c1ccc(CO)cc1. The van der Waals surface area contributed by atoms with Crippen molar-refractivity contribution in [1.29, 1.82) is 0 Å². The summed E-state index contributed by atoms with van der Waals surface area (Å²) in [5.74, 6) is -2.05. The van der Waals surface area contributed by atoms with Gasteiger partial charge in [0.05, 0.1) is 18.8 Å². The van der Waals surface area contributed by atoms with E-state index in [1.165, 1.54) is 11.8 Å². The standard InChI is InChI=1S/C35H37F3N6O5S/c1-21-29(20-50-34-40-41-42-43(34)2)48-32(49-30(21)24-11-9-22(19-45)10-12-24)25-15-13-23(14-16-25)27-7-4-3-6-26(27)18-39-31(46)28-8-5-17-44(28)33(47)35(36,37)38/h3-4,6-7,9-16,21,28-30,32,45H,5,8,17-20H2,1-2H3,(H,39,46). The number of alkyl halides is 3. The van der Waals surface area contributed by atoms with Gasteiger partial charge in [-0.1, -0.05) is 91.5 Å². The van der Waals surface area contributed by atoms with Gasteiger partial charge in [0.15, 0.2) is 6.29 Å². The summed E-state index contributed by atoms with van der Waals surface area (Å²) in [6.45, 7) is 1.99. The number of hydrogen-bond donors (Lipinski definition) is 2. The number of aromatic nitrogens is 4. The quantitative estimate of drug-likeness (QED) is 0.215. The molecule has 3 heterocycles. The topological polar surface area (TPSA) is 132 Å². The van der Waals surface area contributed by atoms with Gasteiger partial charge in [-0.2, -0.15) is 13.2 Å². The second-order valence-corrected chi connectivity index (χ2v) is 13.4. The van der Waals surface area contributed by atoms with Gasteiger partial charge in [-0.05, 0) is 51.1 Å². The van der Waals surface area contributed by atoms with Crippen LogP contribution in [-0.4, -0.2) is 72.6 Å². The fourth-order valence-electron chi connectivity index (χ4n) is 6.33. The number of tetrazole rings is 1. The number of halogens is 3. The van der Waals surface area contributed by atoms with Crippen molar-refractivity contribution in [3.8, 4) is 11.1 Å². The van der Waals surface area contributed by atoms with E-state index in [0.717, 1.165) is 33.4 Å². The summed E-state index contributed by atoms with van der Waals surface area (Å²) in [4.78, 5) is 25.4. The number of amides is 2. The van der Waals surface area contributed by atoms with Crippen molar-refractivity contribution in [3.05, 3.63) is 95.1 Å². The van der Waals surface area contributed by atoms with Crippen LogP contribution in [0.3, 0.4) is 0 Å². The van der Waals surface area contributed by atoms with Gasteiger partial charge >= 0.3 is 12.1 Å². The number of nitrogens with one attached hydrogen (secondary N) is 1. The molecule has 6 rings (SSSR count). The molecule has 0 spiro atoms. The van der Waals surface area contributed by atoms with Gasteiger partial charge in [0, 0.05) is 37.4 Å². The first-order valence-corrected chi connectivity index (χ1v) is 17.2. The van der Waals surface area contributed by atoms with Crippen LogP contribution in [0.5, 0.6) is 0 Å². The predicted molar refractivity (Wildman–Crippen MR) is 177 cm³/mol. The lowest BCUT2D eigenvalue weighted by Crippen LogP contribution is -2.50. The van der Waals surface area contributed by atoms with Crippen molar-refractivity contribution in [3.63, 3.8) is 0 Å². The smallest absolute Gasteiger partial charge is 0.392 e. The molecule has 4 aromatic rings. The number of aryl methyl sites for hydroxylation is 1. The molecule has 2 fully saturated rings. The largest absolute Gasteiger partial charge is 0.471 e. The summed E-state index contributed by atoms with van der Waals surface area (Å²) in [6, 6.07) is 21.7. The fourth-order valence-corrected chi connectivity index (χ4v) is 7.34. The number of likely N-dealkylation sites (tertiary alicyclic amines) is 1. The molecule has 0 aliphatic carbocycles. The van der Waals surface area contributed by atoms with Crippen LogP contribution in [0, 0.1) is 5.92 Å². The van der Waals surface area contributed by atoms with E-state index < -0.39 is 30.3 Å². The highest BCUT2D eigenvalue weighted by Gasteiger charge is 2.47. The minimum absolute atomic E-state index is 0.0239. The zero-order valence-corrected chi connectivity index (χ0v) is 28.2. The minimum atomic E-state index is -5.03. The summed E-state index contributed by atoms with van der Waals surface area (Å²) >= 11 is 1.50. The number of aliphatic hydroxyl groups excluding tert-OH is 1. The maximum absolute atomic E-state index is 13.1. The number of carbonyl (C=O) groups is 2. The zero-order chi connectivity index (χ0) is 35.4. The zero-order valence-electron chi connectivity index (χ0n) is 27.4. The van der Waals surface area contributed by atoms with Crippen LogP contribution >= 0.6 is 11.8 Å². The van der Waals surface area contributed by atoms with E-state index >= 15 is 0 Å². The number of nitrogens with zero attached hydrogens (tertiary/aromatic N) is 5. The number of hydrogen-bond acceptors (Lipinski definition) is 9. The van der Waals surface area contributed by atoms with Gasteiger partial charge in [0.25, 0.3) is 0 Å². The minimum Gasteiger partial charge on any atom is -0.392 e. The number of ether oxygens (including phenoxy) is 2. The van der Waals surface area contributed by atoms with Gasteiger partial charge in [-0.3, -0.25) is 9.59 Å². The molecule has 50 heavy (non-hydrogen) atoms. The van der Waals surface area contributed by atoms with Crippen molar-refractivity contribution >= 4 is 23.6 Å². The molecule has 264 valence electrons. The molecule has 11 nitrogen and oxygen atoms in total. The number of carbonyl (C=O) groups excluding carboxylic acids is 2. The van der Waals surface area contributed by atoms with Crippen LogP contribution in [0.15, 0.2) is 78.0 Å². The summed E-state index contributed by atoms with van der Waals surface area (Å²) in [5, 5.41) is 24.7. The Balaban J connectivity index is 1.18. The van der Waals surface area contributed by atoms with E-state index in [1.807, 2.05) is 72.8 Å². The second kappa shape index (κ2) is 15.3. The maximum atomic E-state index is 13.1. The molecule has 5 atom stereocenters. The Hall–Kier alpha value is -4.31. The Labute approximate surface area is 291 Å². The monoisotopic (exact) mass is 710 g/mol. The fraction of sp³-hybridized carbons (Fsp3) is 0.400.